The maximum atomic E-state index is 12.8. The van der Waals surface area contributed by atoms with E-state index in [9.17, 15) is 13.2 Å². The maximum Gasteiger partial charge on any atom is 0.320 e. The van der Waals surface area contributed by atoms with Gasteiger partial charge in [0.2, 0.25) is 10.0 Å². The lowest BCUT2D eigenvalue weighted by Gasteiger charge is -2.30. The van der Waals surface area contributed by atoms with Gasteiger partial charge in [0, 0.05) is 37.7 Å². The third-order valence-corrected chi connectivity index (χ3v) is 7.15. The maximum absolute atomic E-state index is 12.8. The predicted octanol–water partition coefficient (Wildman–Crippen LogP) is 2.12. The Labute approximate surface area is 210 Å². The quantitative estimate of drug-likeness (QED) is 0.285. The molecule has 0 radical (unpaired) electrons. The number of rotatable bonds is 12. The number of aliphatic carboxylic acids is 1. The molecule has 1 heterocycles. The van der Waals surface area contributed by atoms with Crippen LogP contribution in [0.15, 0.2) is 53.6 Å². The molecule has 0 spiro atoms. The highest BCUT2D eigenvalue weighted by Gasteiger charge is 2.26. The zero-order valence-electron chi connectivity index (χ0n) is 20.0. The Bertz CT molecular complexity index is 1180. The number of anilines is 1. The van der Waals surface area contributed by atoms with E-state index in [1.54, 1.807) is 54.7 Å². The number of nitrogens with zero attached hydrogens (tertiary/aromatic N) is 3. The fraction of sp³-hybridized carbons (Fsp3) is 0.375. The van der Waals surface area contributed by atoms with Gasteiger partial charge in [0.05, 0.1) is 12.2 Å². The number of piperidine rings is 1. The van der Waals surface area contributed by atoms with Crippen LogP contribution in [0.4, 0.5) is 5.69 Å². The number of nitrogen functional groups attached to an aromatic ring is 1. The molecule has 11 nitrogen and oxygen atoms in total. The van der Waals surface area contributed by atoms with Gasteiger partial charge in [0.15, 0.2) is 5.75 Å². The monoisotopic (exact) mass is 517 g/mol. The molecule has 1 saturated heterocycles. The Hall–Kier alpha value is -3.80. The minimum atomic E-state index is -4.16. The molecule has 1 aliphatic rings. The average Bonchev–Trinajstić information content (AvgIpc) is 2.83. The molecule has 0 atom stereocenters. The molecule has 0 amide bonds. The summed E-state index contributed by atoms with van der Waals surface area (Å²) in [7, 11) is -4.16. The molecule has 0 saturated carbocycles. The van der Waals surface area contributed by atoms with Crippen molar-refractivity contribution in [3.63, 3.8) is 0 Å². The van der Waals surface area contributed by atoms with Gasteiger partial charge in [-0.15, -0.1) is 0 Å². The topological polar surface area (TPSA) is 159 Å². The highest BCUT2D eigenvalue weighted by Crippen LogP contribution is 2.25. The standard InChI is InChI=1S/C24H31N5O6S/c1-2-27-28-12-10-21(11-13-28)35-20-8-6-19(7-9-20)29(36(32,33)17-23(30)31)14-15-34-22-5-3-4-18(16-22)24(25)26/h2-9,16,21H,10-15,17H2,1H3,(H3,25,26)(H,30,31)/b27-2+. The fourth-order valence-electron chi connectivity index (χ4n) is 3.78. The molecule has 2 aromatic rings. The molecule has 4 N–H and O–H groups in total. The van der Waals surface area contributed by atoms with E-state index in [0.29, 0.717) is 22.7 Å². The molecule has 1 fully saturated rings. The summed E-state index contributed by atoms with van der Waals surface area (Å²) in [5.41, 5.74) is 6.27. The smallest absolute Gasteiger partial charge is 0.320 e. The average molecular weight is 518 g/mol. The lowest BCUT2D eigenvalue weighted by atomic mass is 10.1. The molecule has 1 aliphatic heterocycles. The highest BCUT2D eigenvalue weighted by atomic mass is 32.2. The van der Waals surface area contributed by atoms with E-state index in [-0.39, 0.29) is 25.1 Å². The molecule has 0 bridgehead atoms. The van der Waals surface area contributed by atoms with Gasteiger partial charge in [-0.25, -0.2) is 8.42 Å². The number of nitrogens with one attached hydrogen (secondary N) is 1. The van der Waals surface area contributed by atoms with Crippen molar-refractivity contribution in [2.24, 2.45) is 10.8 Å². The number of benzene rings is 2. The van der Waals surface area contributed by atoms with Crippen molar-refractivity contribution in [1.82, 2.24) is 5.01 Å². The molecule has 12 heteroatoms. The van der Waals surface area contributed by atoms with E-state index in [4.69, 9.17) is 25.7 Å². The first kappa shape index (κ1) is 26.8. The van der Waals surface area contributed by atoms with E-state index in [0.717, 1.165) is 30.2 Å². The van der Waals surface area contributed by atoms with Crippen LogP contribution in [-0.4, -0.2) is 74.7 Å². The number of carboxylic acid groups (broad SMARTS) is 1. The number of hydrazone groups is 1. The third-order valence-electron chi connectivity index (χ3n) is 5.47. The van der Waals surface area contributed by atoms with Crippen LogP contribution in [0.5, 0.6) is 11.5 Å². The second-order valence-corrected chi connectivity index (χ2v) is 10.0. The van der Waals surface area contributed by atoms with Crippen molar-refractivity contribution in [3.05, 3.63) is 54.1 Å². The van der Waals surface area contributed by atoms with E-state index >= 15 is 0 Å². The van der Waals surface area contributed by atoms with Crippen molar-refractivity contribution in [2.45, 2.75) is 25.9 Å². The number of carbonyl (C=O) groups is 1. The van der Waals surface area contributed by atoms with E-state index < -0.39 is 21.7 Å². The predicted molar refractivity (Wildman–Crippen MR) is 138 cm³/mol. The third kappa shape index (κ3) is 7.60. The van der Waals surface area contributed by atoms with E-state index in [1.807, 2.05) is 11.9 Å². The Morgan fingerprint density at radius 3 is 2.53 bits per heavy atom. The summed E-state index contributed by atoms with van der Waals surface area (Å²) in [5, 5.41) is 22.9. The number of sulfonamides is 1. The van der Waals surface area contributed by atoms with Crippen LogP contribution in [0, 0.1) is 5.41 Å². The second kappa shape index (κ2) is 12.2. The van der Waals surface area contributed by atoms with E-state index in [1.165, 1.54) is 0 Å². The lowest BCUT2D eigenvalue weighted by molar-refractivity contribution is -0.134. The Morgan fingerprint density at radius 2 is 1.92 bits per heavy atom. The van der Waals surface area contributed by atoms with Gasteiger partial charge in [0.1, 0.15) is 30.0 Å². The summed E-state index contributed by atoms with van der Waals surface area (Å²) < 4.78 is 38.3. The fourth-order valence-corrected chi connectivity index (χ4v) is 5.05. The first-order valence-corrected chi connectivity index (χ1v) is 13.1. The number of hydrogen-bond donors (Lipinski definition) is 3. The number of hydrogen-bond acceptors (Lipinski definition) is 8. The zero-order valence-corrected chi connectivity index (χ0v) is 20.9. The molecular formula is C24H31N5O6S. The number of carboxylic acids is 1. The van der Waals surface area contributed by atoms with Gasteiger partial charge in [-0.3, -0.25) is 19.5 Å². The normalized spacial score (nSPS) is 14.5. The van der Waals surface area contributed by atoms with Crippen molar-refractivity contribution in [1.29, 1.82) is 5.41 Å². The minimum absolute atomic E-state index is 0.0326. The number of ether oxygens (including phenoxy) is 2. The molecule has 0 aliphatic carbocycles. The summed E-state index contributed by atoms with van der Waals surface area (Å²) in [6.45, 7) is 3.31. The van der Waals surface area contributed by atoms with Crippen molar-refractivity contribution < 1.29 is 27.8 Å². The highest BCUT2D eigenvalue weighted by molar-refractivity contribution is 7.93. The Kier molecular flexibility index (Phi) is 9.12. The van der Waals surface area contributed by atoms with Gasteiger partial charge < -0.3 is 20.3 Å². The molecule has 0 aromatic heterocycles. The minimum Gasteiger partial charge on any atom is -0.492 e. The summed E-state index contributed by atoms with van der Waals surface area (Å²) in [6, 6.07) is 13.1. The van der Waals surface area contributed by atoms with Crippen LogP contribution >= 0.6 is 0 Å². The van der Waals surface area contributed by atoms with Gasteiger partial charge in [-0.2, -0.15) is 5.10 Å². The first-order chi connectivity index (χ1) is 17.2. The van der Waals surface area contributed by atoms with Crippen LogP contribution in [0.25, 0.3) is 0 Å². The van der Waals surface area contributed by atoms with Crippen LogP contribution < -0.4 is 19.5 Å². The van der Waals surface area contributed by atoms with Crippen LogP contribution in [0.2, 0.25) is 0 Å². The summed E-state index contributed by atoms with van der Waals surface area (Å²) in [4.78, 5) is 11.2. The lowest BCUT2D eigenvalue weighted by Crippen LogP contribution is -2.38. The largest absolute Gasteiger partial charge is 0.492 e. The van der Waals surface area contributed by atoms with Gasteiger partial charge in [-0.05, 0) is 43.3 Å². The second-order valence-electron chi connectivity index (χ2n) is 8.15. The number of nitrogens with two attached hydrogens (primary N) is 1. The van der Waals surface area contributed by atoms with Crippen LogP contribution in [-0.2, 0) is 14.8 Å². The van der Waals surface area contributed by atoms with Crippen molar-refractivity contribution >= 4 is 33.7 Å². The molecular weight excluding hydrogens is 486 g/mol. The van der Waals surface area contributed by atoms with Gasteiger partial charge in [-0.1, -0.05) is 12.1 Å². The molecule has 36 heavy (non-hydrogen) atoms. The van der Waals surface area contributed by atoms with Crippen LogP contribution in [0.3, 0.4) is 0 Å². The van der Waals surface area contributed by atoms with Gasteiger partial charge >= 0.3 is 5.97 Å². The van der Waals surface area contributed by atoms with Crippen molar-refractivity contribution in [2.75, 3.05) is 36.3 Å². The Balaban J connectivity index is 1.68. The van der Waals surface area contributed by atoms with Crippen molar-refractivity contribution in [3.8, 4) is 11.5 Å². The van der Waals surface area contributed by atoms with E-state index in [2.05, 4.69) is 5.10 Å². The zero-order chi connectivity index (χ0) is 26.1. The van der Waals surface area contributed by atoms with Gasteiger partial charge in [0.25, 0.3) is 0 Å². The summed E-state index contributed by atoms with van der Waals surface area (Å²) in [6.07, 6.45) is 3.43. The van der Waals surface area contributed by atoms with Crippen LogP contribution in [0.1, 0.15) is 25.3 Å². The molecule has 3 rings (SSSR count). The summed E-state index contributed by atoms with van der Waals surface area (Å²) in [5.74, 6) is -1.60. The molecule has 2 aromatic carbocycles. The Morgan fingerprint density at radius 1 is 1.22 bits per heavy atom. The SMILES string of the molecule is C/C=N/N1CCC(Oc2ccc(N(CCOc3cccc(C(=N)N)c3)S(=O)(=O)CC(=O)O)cc2)CC1. The summed E-state index contributed by atoms with van der Waals surface area (Å²) >= 11 is 0. The number of amidine groups is 1. The first-order valence-electron chi connectivity index (χ1n) is 11.5. The molecule has 194 valence electrons. The molecule has 0 unspecified atom stereocenters.